The zero-order valence-corrected chi connectivity index (χ0v) is 19.6. The molecule has 6 rings (SSSR count). The summed E-state index contributed by atoms with van der Waals surface area (Å²) in [5, 5.41) is 27.4. The molecule has 1 saturated heterocycles. The Balaban J connectivity index is 1.25. The van der Waals surface area contributed by atoms with Crippen LogP contribution in [0.4, 0.5) is 5.69 Å². The maximum atomic E-state index is 13.5. The largest absolute Gasteiger partial charge is 0.386 e. The summed E-state index contributed by atoms with van der Waals surface area (Å²) in [6.45, 7) is 1.44. The van der Waals surface area contributed by atoms with Gasteiger partial charge >= 0.3 is 0 Å². The van der Waals surface area contributed by atoms with Gasteiger partial charge in [-0.3, -0.25) is 14.5 Å². The predicted octanol–water partition coefficient (Wildman–Crippen LogP) is 2.76. The number of aliphatic hydroxyl groups excluding tert-OH is 1. The number of aliphatic hydroxyl groups is 2. The molecule has 3 N–H and O–H groups in total. The van der Waals surface area contributed by atoms with E-state index < -0.39 is 17.6 Å². The van der Waals surface area contributed by atoms with E-state index in [-0.39, 0.29) is 24.4 Å². The quantitative estimate of drug-likeness (QED) is 0.544. The van der Waals surface area contributed by atoms with Crippen molar-refractivity contribution in [3.63, 3.8) is 0 Å². The fraction of sp³-hybridized carbons (Fsp3) is 0.357. The van der Waals surface area contributed by atoms with Crippen LogP contribution in [0.25, 0.3) is 10.8 Å². The smallest absolute Gasteiger partial charge is 0.264 e. The van der Waals surface area contributed by atoms with E-state index in [9.17, 15) is 19.8 Å². The highest BCUT2D eigenvalue weighted by Gasteiger charge is 2.53. The second kappa shape index (κ2) is 8.16. The number of amides is 2. The first kappa shape index (κ1) is 22.2. The van der Waals surface area contributed by atoms with E-state index in [1.165, 1.54) is 7.05 Å². The van der Waals surface area contributed by atoms with E-state index in [2.05, 4.69) is 28.4 Å². The molecular formula is C28H29N3O4. The van der Waals surface area contributed by atoms with Crippen molar-refractivity contribution in [2.24, 2.45) is 0 Å². The SMILES string of the molecule is CNC(=O)CC1(O)C(=O)N(C2CCN([C@H]3c4cccc5cccc(c45)[C@H]3O)CC2)c2ccccc21. The zero-order valence-electron chi connectivity index (χ0n) is 19.6. The van der Waals surface area contributed by atoms with E-state index in [0.29, 0.717) is 24.1 Å². The molecule has 180 valence electrons. The molecular weight excluding hydrogens is 442 g/mol. The van der Waals surface area contributed by atoms with Crippen LogP contribution in [0.15, 0.2) is 60.7 Å². The van der Waals surface area contributed by atoms with E-state index in [1.807, 2.05) is 30.3 Å². The topological polar surface area (TPSA) is 93.1 Å². The van der Waals surface area contributed by atoms with Crippen molar-refractivity contribution in [3.8, 4) is 0 Å². The van der Waals surface area contributed by atoms with Crippen molar-refractivity contribution < 1.29 is 19.8 Å². The van der Waals surface area contributed by atoms with Crippen molar-refractivity contribution in [2.75, 3.05) is 25.0 Å². The molecule has 3 aromatic carbocycles. The Bertz CT molecular complexity index is 1330. The molecule has 1 fully saturated rings. The summed E-state index contributed by atoms with van der Waals surface area (Å²) in [4.78, 5) is 29.7. The molecule has 3 aliphatic rings. The van der Waals surface area contributed by atoms with Crippen LogP contribution in [0.5, 0.6) is 0 Å². The Morgan fingerprint density at radius 3 is 2.43 bits per heavy atom. The summed E-state index contributed by atoms with van der Waals surface area (Å²) in [6, 6.07) is 19.4. The molecule has 0 bridgehead atoms. The van der Waals surface area contributed by atoms with E-state index in [0.717, 1.165) is 35.0 Å². The van der Waals surface area contributed by atoms with Gasteiger partial charge in [0.15, 0.2) is 5.60 Å². The fourth-order valence-corrected chi connectivity index (χ4v) is 6.36. The lowest BCUT2D eigenvalue weighted by Crippen LogP contribution is -2.51. The minimum atomic E-state index is -1.85. The van der Waals surface area contributed by atoms with Gasteiger partial charge in [-0.15, -0.1) is 0 Å². The number of anilines is 1. The van der Waals surface area contributed by atoms with Crippen molar-refractivity contribution in [3.05, 3.63) is 77.4 Å². The number of rotatable bonds is 4. The van der Waals surface area contributed by atoms with Gasteiger partial charge < -0.3 is 20.4 Å². The highest BCUT2D eigenvalue weighted by Crippen LogP contribution is 2.49. The van der Waals surface area contributed by atoms with Crippen molar-refractivity contribution in [1.82, 2.24) is 10.2 Å². The number of nitrogens with zero attached hydrogens (tertiary/aromatic N) is 2. The van der Waals surface area contributed by atoms with Gasteiger partial charge in [0.05, 0.1) is 24.3 Å². The van der Waals surface area contributed by atoms with Crippen molar-refractivity contribution in [1.29, 1.82) is 0 Å². The standard InChI is InChI=1S/C28H29N3O4/c1-29-23(32)16-28(35)21-10-2-3-11-22(21)31(27(28)34)18-12-14-30(15-13-18)25-19-8-4-6-17-7-5-9-20(24(17)19)26(25)33/h2-11,18,25-26,33,35H,12-16H2,1H3,(H,29,32)/t25-,26+,28?/m0/s1. The number of benzene rings is 3. The fourth-order valence-electron chi connectivity index (χ4n) is 6.36. The Kier molecular flexibility index (Phi) is 5.18. The number of hydrogen-bond acceptors (Lipinski definition) is 5. The van der Waals surface area contributed by atoms with Crippen molar-refractivity contribution >= 4 is 28.3 Å². The van der Waals surface area contributed by atoms with E-state index in [1.54, 1.807) is 17.0 Å². The molecule has 35 heavy (non-hydrogen) atoms. The first-order chi connectivity index (χ1) is 16.9. The lowest BCUT2D eigenvalue weighted by atomic mass is 9.91. The number of likely N-dealkylation sites (tertiary alicyclic amines) is 1. The van der Waals surface area contributed by atoms with Crippen LogP contribution in [-0.2, 0) is 15.2 Å². The molecule has 2 aliphatic heterocycles. The van der Waals surface area contributed by atoms with Gasteiger partial charge in [0, 0.05) is 31.7 Å². The summed E-state index contributed by atoms with van der Waals surface area (Å²) in [7, 11) is 1.50. The summed E-state index contributed by atoms with van der Waals surface area (Å²) in [5.74, 6) is -0.810. The molecule has 0 spiro atoms. The lowest BCUT2D eigenvalue weighted by Gasteiger charge is -2.41. The van der Waals surface area contributed by atoms with Gasteiger partial charge in [-0.25, -0.2) is 0 Å². The maximum absolute atomic E-state index is 13.5. The predicted molar refractivity (Wildman–Crippen MR) is 133 cm³/mol. The van der Waals surface area contributed by atoms with Gasteiger partial charge in [-0.1, -0.05) is 54.6 Å². The molecule has 2 heterocycles. The average molecular weight is 472 g/mol. The molecule has 0 saturated carbocycles. The van der Waals surface area contributed by atoms with Crippen LogP contribution in [0.1, 0.15) is 48.1 Å². The third kappa shape index (κ3) is 3.22. The summed E-state index contributed by atoms with van der Waals surface area (Å²) < 4.78 is 0. The van der Waals surface area contributed by atoms with Crippen LogP contribution >= 0.6 is 0 Å². The van der Waals surface area contributed by atoms with Gasteiger partial charge in [0.2, 0.25) is 5.91 Å². The molecule has 1 aliphatic carbocycles. The molecule has 0 aromatic heterocycles. The third-order valence-electron chi connectivity index (χ3n) is 8.04. The van der Waals surface area contributed by atoms with Gasteiger partial charge in [0.1, 0.15) is 0 Å². The highest BCUT2D eigenvalue weighted by molar-refractivity contribution is 6.09. The van der Waals surface area contributed by atoms with Gasteiger partial charge in [-0.2, -0.15) is 0 Å². The summed E-state index contributed by atoms with van der Waals surface area (Å²) in [6.07, 6.45) is 0.544. The average Bonchev–Trinajstić information content (AvgIpc) is 3.29. The monoisotopic (exact) mass is 471 g/mol. The number of para-hydroxylation sites is 1. The minimum absolute atomic E-state index is 0.0877. The van der Waals surface area contributed by atoms with Crippen molar-refractivity contribution in [2.45, 2.75) is 43.1 Å². The number of hydrogen-bond donors (Lipinski definition) is 3. The number of carbonyl (C=O) groups is 2. The number of piperidine rings is 1. The molecule has 7 heteroatoms. The Labute approximate surface area is 204 Å². The van der Waals surface area contributed by atoms with Gasteiger partial charge in [-0.05, 0) is 40.8 Å². The van der Waals surface area contributed by atoms with Gasteiger partial charge in [0.25, 0.3) is 5.91 Å². The molecule has 1 unspecified atom stereocenters. The number of carbonyl (C=O) groups excluding carboxylic acids is 2. The summed E-state index contributed by atoms with van der Waals surface area (Å²) in [5.41, 5.74) is 1.46. The normalized spacial score (nSPS) is 26.4. The van der Waals surface area contributed by atoms with Crippen LogP contribution in [0.2, 0.25) is 0 Å². The molecule has 3 atom stereocenters. The second-order valence-electron chi connectivity index (χ2n) is 9.85. The van der Waals surface area contributed by atoms with Crippen LogP contribution in [-0.4, -0.2) is 53.1 Å². The van der Waals surface area contributed by atoms with E-state index in [4.69, 9.17) is 0 Å². The highest BCUT2D eigenvalue weighted by atomic mass is 16.3. The summed E-state index contributed by atoms with van der Waals surface area (Å²) >= 11 is 0. The maximum Gasteiger partial charge on any atom is 0.264 e. The lowest BCUT2D eigenvalue weighted by molar-refractivity contribution is -0.143. The molecule has 2 amide bonds. The first-order valence-electron chi connectivity index (χ1n) is 12.2. The van der Waals surface area contributed by atoms with E-state index >= 15 is 0 Å². The molecule has 3 aromatic rings. The number of nitrogens with one attached hydrogen (secondary N) is 1. The van der Waals surface area contributed by atoms with Crippen LogP contribution in [0, 0.1) is 0 Å². The van der Waals surface area contributed by atoms with Crippen LogP contribution < -0.4 is 10.2 Å². The Morgan fingerprint density at radius 2 is 1.71 bits per heavy atom. The zero-order chi connectivity index (χ0) is 24.3. The molecule has 7 nitrogen and oxygen atoms in total. The number of fused-ring (bicyclic) bond motifs is 1. The second-order valence-corrected chi connectivity index (χ2v) is 9.85. The molecule has 0 radical (unpaired) electrons. The Hall–Kier alpha value is -3.26. The third-order valence-corrected chi connectivity index (χ3v) is 8.04. The van der Waals surface area contributed by atoms with Crippen LogP contribution in [0.3, 0.4) is 0 Å². The Morgan fingerprint density at radius 1 is 1.03 bits per heavy atom. The minimum Gasteiger partial charge on any atom is -0.386 e. The first-order valence-corrected chi connectivity index (χ1v) is 12.2.